The minimum atomic E-state index is -3.72. The lowest BCUT2D eigenvalue weighted by molar-refractivity contribution is 0.172. The standard InChI is InChI=1S/C25H35ClNO6P/c1-5-8-10-19-13-18-14-24(31-12-9-11-30-4)21(26)15-20(18)22-16-23(28)25(17-27(19)22)34(29,32-6-2)33-7-3/h14-17,19H,5-13H2,1-4H3. The molecule has 0 saturated heterocycles. The average Bonchev–Trinajstić information content (AvgIpc) is 2.80. The maximum absolute atomic E-state index is 13.4. The molecule has 0 aliphatic carbocycles. The van der Waals surface area contributed by atoms with E-state index in [9.17, 15) is 9.36 Å². The second-order valence-electron chi connectivity index (χ2n) is 8.28. The first-order valence-electron chi connectivity index (χ1n) is 12.0. The number of aromatic nitrogens is 1. The van der Waals surface area contributed by atoms with Crippen molar-refractivity contribution in [3.63, 3.8) is 0 Å². The number of hydrogen-bond acceptors (Lipinski definition) is 6. The zero-order chi connectivity index (χ0) is 24.7. The number of halogens is 1. The molecule has 0 saturated carbocycles. The maximum Gasteiger partial charge on any atom is 0.366 e. The quantitative estimate of drug-likeness (QED) is 0.251. The molecule has 2 aromatic rings. The normalized spacial score (nSPS) is 15.1. The van der Waals surface area contributed by atoms with Gasteiger partial charge in [0.2, 0.25) is 0 Å². The highest BCUT2D eigenvalue weighted by Crippen LogP contribution is 2.47. The molecule has 0 spiro atoms. The van der Waals surface area contributed by atoms with Crippen LogP contribution in [0.2, 0.25) is 5.02 Å². The van der Waals surface area contributed by atoms with Gasteiger partial charge in [0.05, 0.1) is 30.5 Å². The van der Waals surface area contributed by atoms with E-state index in [1.807, 2.05) is 12.1 Å². The molecule has 34 heavy (non-hydrogen) atoms. The van der Waals surface area contributed by atoms with E-state index in [1.54, 1.807) is 27.2 Å². The van der Waals surface area contributed by atoms with Crippen LogP contribution >= 0.6 is 19.2 Å². The number of nitrogens with zero attached hydrogens (tertiary/aromatic N) is 1. The van der Waals surface area contributed by atoms with Gasteiger partial charge in [0, 0.05) is 44.0 Å². The Bertz CT molecular complexity index is 1080. The number of ether oxygens (including phenoxy) is 2. The fraction of sp³-hybridized carbons (Fsp3) is 0.560. The Labute approximate surface area is 206 Å². The fourth-order valence-electron chi connectivity index (χ4n) is 4.31. The first-order chi connectivity index (χ1) is 16.4. The summed E-state index contributed by atoms with van der Waals surface area (Å²) >= 11 is 6.56. The fourth-order valence-corrected chi connectivity index (χ4v) is 6.16. The van der Waals surface area contributed by atoms with E-state index >= 15 is 0 Å². The molecular weight excluding hydrogens is 477 g/mol. The van der Waals surface area contributed by atoms with Crippen molar-refractivity contribution in [2.45, 2.75) is 58.9 Å². The van der Waals surface area contributed by atoms with Gasteiger partial charge in [-0.3, -0.25) is 9.36 Å². The molecule has 0 fully saturated rings. The van der Waals surface area contributed by atoms with Gasteiger partial charge in [-0.2, -0.15) is 0 Å². The number of benzene rings is 1. The summed E-state index contributed by atoms with van der Waals surface area (Å²) in [5.41, 5.74) is 2.35. The molecule has 0 bridgehead atoms. The van der Waals surface area contributed by atoms with Crippen molar-refractivity contribution in [3.05, 3.63) is 45.2 Å². The number of pyridine rings is 1. The summed E-state index contributed by atoms with van der Waals surface area (Å²) in [7, 11) is -2.06. The van der Waals surface area contributed by atoms with Crippen LogP contribution in [0.1, 0.15) is 58.1 Å². The number of fused-ring (bicyclic) bond motifs is 3. The molecule has 1 aromatic carbocycles. The summed E-state index contributed by atoms with van der Waals surface area (Å²) in [6.45, 7) is 7.12. The van der Waals surface area contributed by atoms with Crippen molar-refractivity contribution in [2.24, 2.45) is 0 Å². The zero-order valence-electron chi connectivity index (χ0n) is 20.5. The van der Waals surface area contributed by atoms with Crippen molar-refractivity contribution in [1.29, 1.82) is 0 Å². The topological polar surface area (TPSA) is 76.0 Å². The van der Waals surface area contributed by atoms with Gasteiger partial charge in [0.25, 0.3) is 0 Å². The Balaban J connectivity index is 2.09. The van der Waals surface area contributed by atoms with Gasteiger partial charge >= 0.3 is 7.60 Å². The Hall–Kier alpha value is -1.63. The zero-order valence-corrected chi connectivity index (χ0v) is 22.1. The van der Waals surface area contributed by atoms with Crippen molar-refractivity contribution in [1.82, 2.24) is 4.57 Å². The summed E-state index contributed by atoms with van der Waals surface area (Å²) in [5, 5.41) is 0.564. The molecule has 1 aliphatic rings. The van der Waals surface area contributed by atoms with Gasteiger partial charge in [-0.15, -0.1) is 0 Å². The summed E-state index contributed by atoms with van der Waals surface area (Å²) in [5.74, 6) is 0.635. The lowest BCUT2D eigenvalue weighted by atomic mass is 9.90. The Morgan fingerprint density at radius 3 is 2.47 bits per heavy atom. The second kappa shape index (κ2) is 12.4. The van der Waals surface area contributed by atoms with Crippen LogP contribution in [0.15, 0.2) is 29.2 Å². The van der Waals surface area contributed by atoms with Crippen LogP contribution in [0.3, 0.4) is 0 Å². The van der Waals surface area contributed by atoms with Gasteiger partial charge in [-0.1, -0.05) is 31.4 Å². The molecule has 9 heteroatoms. The molecule has 3 rings (SSSR count). The largest absolute Gasteiger partial charge is 0.492 e. The Morgan fingerprint density at radius 1 is 1.09 bits per heavy atom. The Morgan fingerprint density at radius 2 is 1.82 bits per heavy atom. The second-order valence-corrected chi connectivity index (χ2v) is 10.7. The third-order valence-corrected chi connectivity index (χ3v) is 8.29. The molecule has 2 heterocycles. The molecule has 0 radical (unpaired) electrons. The highest BCUT2D eigenvalue weighted by Gasteiger charge is 2.33. The van der Waals surface area contributed by atoms with Gasteiger partial charge < -0.3 is 23.1 Å². The van der Waals surface area contributed by atoms with Crippen LogP contribution in [0.5, 0.6) is 5.75 Å². The average molecular weight is 512 g/mol. The Kier molecular flexibility index (Phi) is 9.81. The molecule has 1 unspecified atom stereocenters. The number of hydrogen-bond donors (Lipinski definition) is 0. The molecular formula is C25H35ClNO6P. The van der Waals surface area contributed by atoms with Crippen LogP contribution in [-0.4, -0.2) is 38.1 Å². The number of unbranched alkanes of at least 4 members (excludes halogenated alkanes) is 1. The van der Waals surface area contributed by atoms with Gasteiger partial charge in [0.15, 0.2) is 5.43 Å². The summed E-state index contributed by atoms with van der Waals surface area (Å²) in [6, 6.07) is 5.47. The van der Waals surface area contributed by atoms with E-state index in [0.29, 0.717) is 24.0 Å². The SMILES string of the molecule is CCCCC1Cc2cc(OCCCOC)c(Cl)cc2-c2cc(=O)c(P(=O)(OCC)OCC)cn21. The van der Waals surface area contributed by atoms with Gasteiger partial charge in [0.1, 0.15) is 11.1 Å². The summed E-state index contributed by atoms with van der Waals surface area (Å²) in [6.07, 6.45) is 6.20. The predicted octanol–water partition coefficient (Wildman–Crippen LogP) is 5.76. The van der Waals surface area contributed by atoms with E-state index in [-0.39, 0.29) is 30.0 Å². The number of rotatable bonds is 13. The van der Waals surface area contributed by atoms with E-state index in [4.69, 9.17) is 30.1 Å². The van der Waals surface area contributed by atoms with Crippen molar-refractivity contribution >= 4 is 24.5 Å². The molecule has 0 amide bonds. The molecule has 188 valence electrons. The van der Waals surface area contributed by atoms with Crippen LogP contribution in [-0.2, 0) is 24.8 Å². The first kappa shape index (κ1) is 27.0. The third-order valence-electron chi connectivity index (χ3n) is 5.88. The monoisotopic (exact) mass is 511 g/mol. The minimum absolute atomic E-state index is 0.0779. The highest BCUT2D eigenvalue weighted by atomic mass is 35.5. The summed E-state index contributed by atoms with van der Waals surface area (Å²) in [4.78, 5) is 13.2. The lowest BCUT2D eigenvalue weighted by Gasteiger charge is -2.32. The van der Waals surface area contributed by atoms with E-state index in [1.165, 1.54) is 6.07 Å². The van der Waals surface area contributed by atoms with E-state index in [0.717, 1.165) is 48.9 Å². The highest BCUT2D eigenvalue weighted by molar-refractivity contribution is 7.62. The van der Waals surface area contributed by atoms with E-state index in [2.05, 4.69) is 11.5 Å². The lowest BCUT2D eigenvalue weighted by Crippen LogP contribution is -2.32. The number of methoxy groups -OCH3 is 1. The molecule has 1 aromatic heterocycles. The van der Waals surface area contributed by atoms with Crippen LogP contribution in [0, 0.1) is 0 Å². The molecule has 0 N–H and O–H groups in total. The van der Waals surface area contributed by atoms with Gasteiger partial charge in [-0.05, 0) is 44.4 Å². The first-order valence-corrected chi connectivity index (χ1v) is 13.9. The van der Waals surface area contributed by atoms with Crippen molar-refractivity contribution in [3.8, 4) is 17.0 Å². The molecule has 1 atom stereocenters. The molecule has 7 nitrogen and oxygen atoms in total. The third kappa shape index (κ3) is 5.95. The van der Waals surface area contributed by atoms with Crippen LogP contribution < -0.4 is 15.5 Å². The van der Waals surface area contributed by atoms with E-state index < -0.39 is 7.60 Å². The molecule has 1 aliphatic heterocycles. The van der Waals surface area contributed by atoms with Crippen LogP contribution in [0.25, 0.3) is 11.3 Å². The van der Waals surface area contributed by atoms with Gasteiger partial charge in [-0.25, -0.2) is 0 Å². The minimum Gasteiger partial charge on any atom is -0.492 e. The van der Waals surface area contributed by atoms with Crippen molar-refractivity contribution < 1.29 is 23.1 Å². The maximum atomic E-state index is 13.4. The smallest absolute Gasteiger partial charge is 0.366 e. The van der Waals surface area contributed by atoms with Crippen LogP contribution in [0.4, 0.5) is 0 Å². The van der Waals surface area contributed by atoms with Crippen molar-refractivity contribution in [2.75, 3.05) is 33.5 Å². The summed E-state index contributed by atoms with van der Waals surface area (Å²) < 4.78 is 37.4. The predicted molar refractivity (Wildman–Crippen MR) is 136 cm³/mol.